The van der Waals surface area contributed by atoms with Crippen LogP contribution in [0.3, 0.4) is 0 Å². The van der Waals surface area contributed by atoms with Gasteiger partial charge < -0.3 is 10.4 Å². The van der Waals surface area contributed by atoms with E-state index in [2.05, 4.69) is 28.2 Å². The molecule has 0 aliphatic rings. The van der Waals surface area contributed by atoms with Gasteiger partial charge in [-0.1, -0.05) is 40.5 Å². The molecule has 0 fully saturated rings. The van der Waals surface area contributed by atoms with Crippen molar-refractivity contribution in [3.8, 4) is 0 Å². The first-order chi connectivity index (χ1) is 7.50. The lowest BCUT2D eigenvalue weighted by atomic mass is 10.00. The standard InChI is InChI=1S/C12H17BrClNO/c1-3-12(2,8-16)15-7-9-4-5-10(14)6-11(9)13/h4-6,15-16H,3,7-8H2,1-2H3. The first-order valence-electron chi connectivity index (χ1n) is 5.30. The van der Waals surface area contributed by atoms with Crippen LogP contribution in [-0.4, -0.2) is 17.3 Å². The summed E-state index contributed by atoms with van der Waals surface area (Å²) in [5.74, 6) is 0. The summed E-state index contributed by atoms with van der Waals surface area (Å²) >= 11 is 9.34. The van der Waals surface area contributed by atoms with Crippen LogP contribution < -0.4 is 5.32 Å². The van der Waals surface area contributed by atoms with Crippen molar-refractivity contribution < 1.29 is 5.11 Å². The molecule has 4 heteroatoms. The molecular formula is C12H17BrClNO. The van der Waals surface area contributed by atoms with Gasteiger partial charge in [-0.15, -0.1) is 0 Å². The third-order valence-corrected chi connectivity index (χ3v) is 3.82. The zero-order valence-corrected chi connectivity index (χ0v) is 11.9. The fourth-order valence-electron chi connectivity index (χ4n) is 1.27. The van der Waals surface area contributed by atoms with Crippen molar-refractivity contribution in [2.24, 2.45) is 0 Å². The lowest BCUT2D eigenvalue weighted by Crippen LogP contribution is -2.44. The Hall–Kier alpha value is -0.0900. The number of benzene rings is 1. The van der Waals surface area contributed by atoms with Crippen molar-refractivity contribution in [1.82, 2.24) is 5.32 Å². The Bertz CT molecular complexity index is 353. The molecule has 0 saturated heterocycles. The maximum absolute atomic E-state index is 9.28. The van der Waals surface area contributed by atoms with E-state index in [1.165, 1.54) is 0 Å². The first kappa shape index (κ1) is 14.0. The average Bonchev–Trinajstić information content (AvgIpc) is 2.27. The van der Waals surface area contributed by atoms with E-state index in [-0.39, 0.29) is 12.1 Å². The van der Waals surface area contributed by atoms with Crippen molar-refractivity contribution in [1.29, 1.82) is 0 Å². The molecule has 1 aromatic rings. The summed E-state index contributed by atoms with van der Waals surface area (Å²) in [4.78, 5) is 0. The minimum atomic E-state index is -0.223. The summed E-state index contributed by atoms with van der Waals surface area (Å²) in [6.45, 7) is 4.91. The number of rotatable bonds is 5. The van der Waals surface area contributed by atoms with E-state index in [1.807, 2.05) is 25.1 Å². The molecule has 0 heterocycles. The summed E-state index contributed by atoms with van der Waals surface area (Å²) in [7, 11) is 0. The second-order valence-electron chi connectivity index (χ2n) is 4.16. The van der Waals surface area contributed by atoms with Gasteiger partial charge in [-0.2, -0.15) is 0 Å². The maximum Gasteiger partial charge on any atom is 0.0610 e. The zero-order valence-electron chi connectivity index (χ0n) is 9.56. The minimum Gasteiger partial charge on any atom is -0.394 e. The van der Waals surface area contributed by atoms with E-state index >= 15 is 0 Å². The molecule has 1 rings (SSSR count). The molecule has 0 bridgehead atoms. The molecular weight excluding hydrogens is 289 g/mol. The van der Waals surface area contributed by atoms with Crippen LogP contribution in [0.25, 0.3) is 0 Å². The number of aliphatic hydroxyl groups is 1. The zero-order chi connectivity index (χ0) is 12.2. The van der Waals surface area contributed by atoms with E-state index in [9.17, 15) is 5.11 Å². The van der Waals surface area contributed by atoms with Gasteiger partial charge in [-0.25, -0.2) is 0 Å². The molecule has 0 radical (unpaired) electrons. The van der Waals surface area contributed by atoms with Gasteiger partial charge in [0.15, 0.2) is 0 Å². The van der Waals surface area contributed by atoms with Crippen LogP contribution in [0.5, 0.6) is 0 Å². The predicted octanol–water partition coefficient (Wildman–Crippen LogP) is 3.35. The van der Waals surface area contributed by atoms with Crippen LogP contribution in [0.4, 0.5) is 0 Å². The van der Waals surface area contributed by atoms with E-state index in [0.717, 1.165) is 21.5 Å². The molecule has 0 saturated carbocycles. The summed E-state index contributed by atoms with van der Waals surface area (Å²) in [5.41, 5.74) is 0.913. The van der Waals surface area contributed by atoms with Crippen molar-refractivity contribution in [2.75, 3.05) is 6.61 Å². The Labute approximate surface area is 110 Å². The Morgan fingerprint density at radius 2 is 2.19 bits per heavy atom. The monoisotopic (exact) mass is 305 g/mol. The lowest BCUT2D eigenvalue weighted by molar-refractivity contribution is 0.169. The molecule has 1 unspecified atom stereocenters. The van der Waals surface area contributed by atoms with Crippen molar-refractivity contribution >= 4 is 27.5 Å². The van der Waals surface area contributed by atoms with Gasteiger partial charge >= 0.3 is 0 Å². The lowest BCUT2D eigenvalue weighted by Gasteiger charge is -2.27. The van der Waals surface area contributed by atoms with E-state index in [1.54, 1.807) is 0 Å². The van der Waals surface area contributed by atoms with Gasteiger partial charge in [0.1, 0.15) is 0 Å². The number of aliphatic hydroxyl groups excluding tert-OH is 1. The third-order valence-electron chi connectivity index (χ3n) is 2.85. The van der Waals surface area contributed by atoms with E-state index < -0.39 is 0 Å². The number of hydrogen-bond acceptors (Lipinski definition) is 2. The van der Waals surface area contributed by atoms with E-state index in [4.69, 9.17) is 11.6 Å². The highest BCUT2D eigenvalue weighted by molar-refractivity contribution is 9.10. The summed E-state index contributed by atoms with van der Waals surface area (Å²) < 4.78 is 0.990. The fourth-order valence-corrected chi connectivity index (χ4v) is 2.09. The van der Waals surface area contributed by atoms with Crippen LogP contribution in [0.15, 0.2) is 22.7 Å². The van der Waals surface area contributed by atoms with Crippen molar-refractivity contribution in [2.45, 2.75) is 32.4 Å². The highest BCUT2D eigenvalue weighted by Crippen LogP contribution is 2.22. The maximum atomic E-state index is 9.28. The van der Waals surface area contributed by atoms with Crippen molar-refractivity contribution in [3.63, 3.8) is 0 Å². The quantitative estimate of drug-likeness (QED) is 0.874. The Morgan fingerprint density at radius 3 is 2.69 bits per heavy atom. The molecule has 0 spiro atoms. The SMILES string of the molecule is CCC(C)(CO)NCc1ccc(Cl)cc1Br. The normalized spacial score (nSPS) is 14.8. The van der Waals surface area contributed by atoms with Crippen LogP contribution in [0.1, 0.15) is 25.8 Å². The van der Waals surface area contributed by atoms with Gasteiger partial charge in [0.2, 0.25) is 0 Å². The second kappa shape index (κ2) is 6.01. The highest BCUT2D eigenvalue weighted by atomic mass is 79.9. The molecule has 0 aliphatic carbocycles. The van der Waals surface area contributed by atoms with Gasteiger partial charge in [0.05, 0.1) is 6.61 Å². The molecule has 16 heavy (non-hydrogen) atoms. The summed E-state index contributed by atoms with van der Waals surface area (Å²) in [6.07, 6.45) is 0.884. The van der Waals surface area contributed by atoms with Gasteiger partial charge in [0, 0.05) is 21.6 Å². The largest absolute Gasteiger partial charge is 0.394 e. The highest BCUT2D eigenvalue weighted by Gasteiger charge is 2.19. The minimum absolute atomic E-state index is 0.134. The fraction of sp³-hybridized carbons (Fsp3) is 0.500. The molecule has 0 aliphatic heterocycles. The predicted molar refractivity (Wildman–Crippen MR) is 71.8 cm³/mol. The Balaban J connectivity index is 2.67. The van der Waals surface area contributed by atoms with Crippen LogP contribution in [0.2, 0.25) is 5.02 Å². The van der Waals surface area contributed by atoms with Crippen LogP contribution in [0, 0.1) is 0 Å². The molecule has 0 aromatic heterocycles. The summed E-state index contributed by atoms with van der Waals surface area (Å²) in [6, 6.07) is 5.72. The number of nitrogens with one attached hydrogen (secondary N) is 1. The molecule has 2 nitrogen and oxygen atoms in total. The third kappa shape index (κ3) is 3.74. The van der Waals surface area contributed by atoms with Gasteiger partial charge in [-0.3, -0.25) is 0 Å². The van der Waals surface area contributed by atoms with Crippen LogP contribution >= 0.6 is 27.5 Å². The smallest absolute Gasteiger partial charge is 0.0610 e. The summed E-state index contributed by atoms with van der Waals surface area (Å²) in [5, 5.41) is 13.3. The molecule has 0 amide bonds. The van der Waals surface area contributed by atoms with Crippen LogP contribution in [-0.2, 0) is 6.54 Å². The van der Waals surface area contributed by atoms with Gasteiger partial charge in [0.25, 0.3) is 0 Å². The van der Waals surface area contributed by atoms with Crippen molar-refractivity contribution in [3.05, 3.63) is 33.3 Å². The number of hydrogen-bond donors (Lipinski definition) is 2. The average molecular weight is 307 g/mol. The molecule has 1 atom stereocenters. The first-order valence-corrected chi connectivity index (χ1v) is 6.47. The van der Waals surface area contributed by atoms with Gasteiger partial charge in [-0.05, 0) is 31.0 Å². The topological polar surface area (TPSA) is 32.3 Å². The van der Waals surface area contributed by atoms with E-state index in [0.29, 0.717) is 6.54 Å². The molecule has 1 aromatic carbocycles. The molecule has 2 N–H and O–H groups in total. The second-order valence-corrected chi connectivity index (χ2v) is 5.45. The Kier molecular flexibility index (Phi) is 5.25. The number of halogens is 2. The molecule has 90 valence electrons. The Morgan fingerprint density at radius 1 is 1.50 bits per heavy atom.